The van der Waals surface area contributed by atoms with Gasteiger partial charge in [-0.05, 0) is 49.2 Å². The minimum atomic E-state index is -0.391. The molecular formula is C23H22FN5O2. The maximum Gasteiger partial charge on any atom is 0.220 e. The smallest absolute Gasteiger partial charge is 0.220 e. The van der Waals surface area contributed by atoms with Crippen molar-refractivity contribution in [2.24, 2.45) is 0 Å². The molecule has 2 aromatic carbocycles. The van der Waals surface area contributed by atoms with Gasteiger partial charge in [0, 0.05) is 18.1 Å². The second-order valence-electron chi connectivity index (χ2n) is 7.16. The largest absolute Gasteiger partial charge is 0.497 e. The summed E-state index contributed by atoms with van der Waals surface area (Å²) in [6.45, 7) is 1.81. The van der Waals surface area contributed by atoms with Crippen molar-refractivity contribution >= 4 is 11.6 Å². The number of aryl methyl sites for hydroxylation is 1. The van der Waals surface area contributed by atoms with Gasteiger partial charge in [0.25, 0.3) is 0 Å². The molecular weight excluding hydrogens is 397 g/mol. The Morgan fingerprint density at radius 2 is 1.97 bits per heavy atom. The number of amides is 1. The Morgan fingerprint density at radius 3 is 2.71 bits per heavy atom. The predicted octanol–water partition coefficient (Wildman–Crippen LogP) is 3.75. The summed E-state index contributed by atoms with van der Waals surface area (Å²) in [5, 5.41) is 7.28. The van der Waals surface area contributed by atoms with Crippen molar-refractivity contribution in [2.75, 3.05) is 7.11 Å². The molecule has 0 unspecified atom stereocenters. The summed E-state index contributed by atoms with van der Waals surface area (Å²) in [7, 11) is 1.62. The number of carbonyl (C=O) groups is 1. The molecule has 0 radical (unpaired) electrons. The maximum absolute atomic E-state index is 13.7. The predicted molar refractivity (Wildman–Crippen MR) is 114 cm³/mol. The van der Waals surface area contributed by atoms with Gasteiger partial charge in [0.15, 0.2) is 11.5 Å². The highest BCUT2D eigenvalue weighted by atomic mass is 19.1. The van der Waals surface area contributed by atoms with Crippen molar-refractivity contribution < 1.29 is 13.9 Å². The molecule has 4 rings (SSSR count). The van der Waals surface area contributed by atoms with Gasteiger partial charge < -0.3 is 10.1 Å². The fraction of sp³-hybridized carbons (Fsp3) is 0.217. The summed E-state index contributed by atoms with van der Waals surface area (Å²) in [4.78, 5) is 21.3. The van der Waals surface area contributed by atoms with Crippen LogP contribution in [0.25, 0.3) is 16.9 Å². The van der Waals surface area contributed by atoms with Crippen LogP contribution in [0.4, 0.5) is 4.39 Å². The van der Waals surface area contributed by atoms with Crippen LogP contribution in [0.2, 0.25) is 0 Å². The first-order valence-corrected chi connectivity index (χ1v) is 9.93. The van der Waals surface area contributed by atoms with Gasteiger partial charge in [-0.3, -0.25) is 4.79 Å². The number of nitrogens with zero attached hydrogens (tertiary/aromatic N) is 4. The highest BCUT2D eigenvalue weighted by Gasteiger charge is 2.16. The van der Waals surface area contributed by atoms with Gasteiger partial charge in [-0.2, -0.15) is 0 Å². The second-order valence-corrected chi connectivity index (χ2v) is 7.16. The highest BCUT2D eigenvalue weighted by Crippen LogP contribution is 2.21. The standard InChI is InChI=1S/C23H22FN5O2/c1-15(26-22(30)12-9-16-5-3-4-6-19(16)24)23-27-21-13-20(25-14-29(21)28-23)17-7-10-18(31-2)11-8-17/h3-8,10-11,13-15H,9,12H2,1-2H3,(H,26,30)/t15-/m1/s1. The van der Waals surface area contributed by atoms with E-state index in [0.717, 1.165) is 17.0 Å². The SMILES string of the molecule is COc1ccc(-c2cc3nc([C@@H](C)NC(=O)CCc4ccccc4F)nn3cn2)cc1. The third-order valence-corrected chi connectivity index (χ3v) is 4.98. The Morgan fingerprint density at radius 1 is 1.19 bits per heavy atom. The van der Waals surface area contributed by atoms with E-state index >= 15 is 0 Å². The van der Waals surface area contributed by atoms with Gasteiger partial charge in [-0.15, -0.1) is 5.10 Å². The Hall–Kier alpha value is -3.81. The molecule has 2 aromatic heterocycles. The molecule has 0 saturated carbocycles. The van der Waals surface area contributed by atoms with Crippen LogP contribution in [-0.4, -0.2) is 32.6 Å². The van der Waals surface area contributed by atoms with E-state index in [1.54, 1.807) is 36.2 Å². The number of aromatic nitrogens is 4. The quantitative estimate of drug-likeness (QED) is 0.493. The van der Waals surface area contributed by atoms with E-state index < -0.39 is 6.04 Å². The number of halogens is 1. The molecule has 7 nitrogen and oxygen atoms in total. The Balaban J connectivity index is 1.43. The summed E-state index contributed by atoms with van der Waals surface area (Å²) in [5.74, 6) is 0.763. The lowest BCUT2D eigenvalue weighted by Crippen LogP contribution is -2.27. The van der Waals surface area contributed by atoms with Crippen molar-refractivity contribution in [3.8, 4) is 17.0 Å². The molecule has 31 heavy (non-hydrogen) atoms. The average Bonchev–Trinajstić information content (AvgIpc) is 3.22. The van der Waals surface area contributed by atoms with Crippen LogP contribution in [-0.2, 0) is 11.2 Å². The zero-order valence-electron chi connectivity index (χ0n) is 17.2. The van der Waals surface area contributed by atoms with Crippen molar-refractivity contribution in [3.05, 3.63) is 78.1 Å². The van der Waals surface area contributed by atoms with Crippen LogP contribution < -0.4 is 10.1 Å². The van der Waals surface area contributed by atoms with Crippen LogP contribution in [0.1, 0.15) is 30.8 Å². The summed E-state index contributed by atoms with van der Waals surface area (Å²) < 4.78 is 20.5. The molecule has 8 heteroatoms. The summed E-state index contributed by atoms with van der Waals surface area (Å²) >= 11 is 0. The zero-order valence-corrected chi connectivity index (χ0v) is 17.2. The summed E-state index contributed by atoms with van der Waals surface area (Å²) in [6.07, 6.45) is 2.11. The molecule has 0 fully saturated rings. The molecule has 0 spiro atoms. The molecule has 2 heterocycles. The van der Waals surface area contributed by atoms with Crippen LogP contribution in [0, 0.1) is 5.82 Å². The lowest BCUT2D eigenvalue weighted by molar-refractivity contribution is -0.121. The maximum atomic E-state index is 13.7. The van der Waals surface area contributed by atoms with Crippen LogP contribution >= 0.6 is 0 Å². The first-order chi connectivity index (χ1) is 15.0. The molecule has 0 saturated heterocycles. The van der Waals surface area contributed by atoms with E-state index in [9.17, 15) is 9.18 Å². The zero-order chi connectivity index (χ0) is 21.8. The van der Waals surface area contributed by atoms with Crippen LogP contribution in [0.5, 0.6) is 5.75 Å². The monoisotopic (exact) mass is 419 g/mol. The van der Waals surface area contributed by atoms with Gasteiger partial charge in [-0.25, -0.2) is 18.9 Å². The summed E-state index contributed by atoms with van der Waals surface area (Å²) in [6, 6.07) is 15.5. The first-order valence-electron chi connectivity index (χ1n) is 9.93. The number of carbonyl (C=O) groups excluding carboxylic acids is 1. The average molecular weight is 419 g/mol. The Kier molecular flexibility index (Phi) is 5.88. The number of rotatable bonds is 7. The lowest BCUT2D eigenvalue weighted by Gasteiger charge is -2.10. The summed E-state index contributed by atoms with van der Waals surface area (Å²) in [5.41, 5.74) is 2.84. The van der Waals surface area contributed by atoms with E-state index in [1.807, 2.05) is 37.3 Å². The highest BCUT2D eigenvalue weighted by molar-refractivity contribution is 5.76. The van der Waals surface area contributed by atoms with Gasteiger partial charge in [-0.1, -0.05) is 18.2 Å². The molecule has 0 bridgehead atoms. The molecule has 0 aliphatic rings. The fourth-order valence-corrected chi connectivity index (χ4v) is 3.24. The third kappa shape index (κ3) is 4.69. The minimum absolute atomic E-state index is 0.182. The van der Waals surface area contributed by atoms with E-state index in [1.165, 1.54) is 6.07 Å². The van der Waals surface area contributed by atoms with E-state index in [-0.39, 0.29) is 18.1 Å². The van der Waals surface area contributed by atoms with Crippen molar-refractivity contribution in [1.82, 2.24) is 24.9 Å². The number of benzene rings is 2. The number of nitrogens with one attached hydrogen (secondary N) is 1. The molecule has 1 N–H and O–H groups in total. The Labute approximate surface area is 178 Å². The van der Waals surface area contributed by atoms with E-state index in [4.69, 9.17) is 4.74 Å². The van der Waals surface area contributed by atoms with Gasteiger partial charge >= 0.3 is 0 Å². The number of ether oxygens (including phenoxy) is 1. The fourth-order valence-electron chi connectivity index (χ4n) is 3.24. The molecule has 1 amide bonds. The number of hydrogen-bond acceptors (Lipinski definition) is 5. The minimum Gasteiger partial charge on any atom is -0.497 e. The number of hydrogen-bond donors (Lipinski definition) is 1. The lowest BCUT2D eigenvalue weighted by atomic mass is 10.1. The van der Waals surface area contributed by atoms with E-state index in [0.29, 0.717) is 23.5 Å². The Bertz CT molecular complexity index is 1210. The first kappa shape index (κ1) is 20.5. The van der Waals surface area contributed by atoms with Crippen molar-refractivity contribution in [2.45, 2.75) is 25.8 Å². The van der Waals surface area contributed by atoms with Crippen LogP contribution in [0.3, 0.4) is 0 Å². The number of methoxy groups -OCH3 is 1. The van der Waals surface area contributed by atoms with Crippen molar-refractivity contribution in [3.63, 3.8) is 0 Å². The second kappa shape index (κ2) is 8.91. The molecule has 4 aromatic rings. The molecule has 0 aliphatic carbocycles. The van der Waals surface area contributed by atoms with E-state index in [2.05, 4.69) is 20.4 Å². The van der Waals surface area contributed by atoms with Gasteiger partial charge in [0.05, 0.1) is 18.8 Å². The molecule has 1 atom stereocenters. The molecule has 0 aliphatic heterocycles. The topological polar surface area (TPSA) is 81.4 Å². The van der Waals surface area contributed by atoms with Crippen molar-refractivity contribution in [1.29, 1.82) is 0 Å². The van der Waals surface area contributed by atoms with Crippen LogP contribution in [0.15, 0.2) is 60.9 Å². The third-order valence-electron chi connectivity index (χ3n) is 4.98. The van der Waals surface area contributed by atoms with Gasteiger partial charge in [0.2, 0.25) is 5.91 Å². The van der Waals surface area contributed by atoms with Gasteiger partial charge in [0.1, 0.15) is 17.9 Å². The number of fused-ring (bicyclic) bond motifs is 1. The normalized spacial score (nSPS) is 12.0. The molecule has 158 valence electrons.